The number of hydrogen-bond acceptors (Lipinski definition) is 4. The van der Waals surface area contributed by atoms with Crippen LogP contribution in [0.1, 0.15) is 24.8 Å². The highest BCUT2D eigenvalue weighted by Gasteiger charge is 2.03. The maximum atomic E-state index is 10.7. The summed E-state index contributed by atoms with van der Waals surface area (Å²) in [5.74, 6) is -0.0892. The predicted molar refractivity (Wildman–Crippen MR) is 59.0 cm³/mol. The molecule has 16 heavy (non-hydrogen) atoms. The van der Waals surface area contributed by atoms with Gasteiger partial charge in [-0.2, -0.15) is 0 Å². The Kier molecular flexibility index (Phi) is 4.72. The molecule has 0 bridgehead atoms. The van der Waals surface area contributed by atoms with E-state index in [0.29, 0.717) is 25.1 Å². The number of carboxylic acids is 1. The molecule has 1 rings (SSSR count). The van der Waals surface area contributed by atoms with Crippen molar-refractivity contribution < 1.29 is 14.4 Å². The lowest BCUT2D eigenvalue weighted by Crippen LogP contribution is -2.14. The number of carbonyl (C=O) groups is 1. The van der Waals surface area contributed by atoms with Gasteiger partial charge in [0.15, 0.2) is 0 Å². The minimum absolute atomic E-state index is 0.420. The SMILES string of the molecule is CC/C(=C/CNCc1cc(C)on1)C(=O)O. The number of hydrogen-bond donors (Lipinski definition) is 2. The van der Waals surface area contributed by atoms with Crippen LogP contribution in [0.15, 0.2) is 22.2 Å². The molecule has 1 aromatic rings. The minimum Gasteiger partial charge on any atom is -0.478 e. The molecule has 0 aromatic carbocycles. The largest absolute Gasteiger partial charge is 0.478 e. The van der Waals surface area contributed by atoms with E-state index in [0.717, 1.165) is 11.5 Å². The first-order valence-electron chi connectivity index (χ1n) is 5.18. The second-order valence-corrected chi connectivity index (χ2v) is 3.45. The Morgan fingerprint density at radius 1 is 1.69 bits per heavy atom. The van der Waals surface area contributed by atoms with Crippen molar-refractivity contribution in [3.63, 3.8) is 0 Å². The Morgan fingerprint density at radius 2 is 2.44 bits per heavy atom. The van der Waals surface area contributed by atoms with Crippen LogP contribution in [-0.2, 0) is 11.3 Å². The van der Waals surface area contributed by atoms with Gasteiger partial charge in [-0.05, 0) is 13.3 Å². The molecule has 1 aromatic heterocycles. The molecule has 0 atom stereocenters. The van der Waals surface area contributed by atoms with E-state index in [1.54, 1.807) is 6.08 Å². The molecule has 0 saturated carbocycles. The van der Waals surface area contributed by atoms with Gasteiger partial charge < -0.3 is 14.9 Å². The van der Waals surface area contributed by atoms with Crippen LogP contribution in [0.5, 0.6) is 0 Å². The van der Waals surface area contributed by atoms with Crippen molar-refractivity contribution in [2.45, 2.75) is 26.8 Å². The van der Waals surface area contributed by atoms with E-state index in [9.17, 15) is 4.79 Å². The molecule has 1 heterocycles. The third-order valence-corrected chi connectivity index (χ3v) is 2.13. The molecule has 2 N–H and O–H groups in total. The van der Waals surface area contributed by atoms with Crippen LogP contribution < -0.4 is 5.32 Å². The number of aliphatic carboxylic acids is 1. The first-order valence-corrected chi connectivity index (χ1v) is 5.18. The van der Waals surface area contributed by atoms with Gasteiger partial charge in [0.05, 0.1) is 5.69 Å². The van der Waals surface area contributed by atoms with E-state index < -0.39 is 5.97 Å². The van der Waals surface area contributed by atoms with Gasteiger partial charge in [0.2, 0.25) is 0 Å². The van der Waals surface area contributed by atoms with E-state index in [2.05, 4.69) is 10.5 Å². The summed E-state index contributed by atoms with van der Waals surface area (Å²) in [5, 5.41) is 15.7. The summed E-state index contributed by atoms with van der Waals surface area (Å²) >= 11 is 0. The summed E-state index contributed by atoms with van der Waals surface area (Å²) in [6.45, 7) is 4.74. The van der Waals surface area contributed by atoms with Gasteiger partial charge in [-0.15, -0.1) is 0 Å². The quantitative estimate of drug-likeness (QED) is 0.565. The number of aromatic nitrogens is 1. The summed E-state index contributed by atoms with van der Waals surface area (Å²) in [6.07, 6.45) is 2.20. The van der Waals surface area contributed by atoms with Crippen LogP contribution in [0.2, 0.25) is 0 Å². The number of nitrogens with one attached hydrogen (secondary N) is 1. The lowest BCUT2D eigenvalue weighted by Gasteiger charge is -1.99. The molecular weight excluding hydrogens is 208 g/mol. The second kappa shape index (κ2) is 6.07. The highest BCUT2D eigenvalue weighted by atomic mass is 16.5. The maximum Gasteiger partial charge on any atom is 0.331 e. The predicted octanol–water partition coefficient (Wildman–Crippen LogP) is 1.49. The average Bonchev–Trinajstić information content (AvgIpc) is 2.64. The molecule has 5 nitrogen and oxygen atoms in total. The molecular formula is C11H16N2O3. The lowest BCUT2D eigenvalue weighted by molar-refractivity contribution is -0.132. The van der Waals surface area contributed by atoms with Gasteiger partial charge >= 0.3 is 5.97 Å². The van der Waals surface area contributed by atoms with E-state index in [1.807, 2.05) is 19.9 Å². The normalized spacial score (nSPS) is 11.8. The summed E-state index contributed by atoms with van der Waals surface area (Å²) in [5.41, 5.74) is 1.24. The summed E-state index contributed by atoms with van der Waals surface area (Å²) < 4.78 is 4.90. The molecule has 88 valence electrons. The molecule has 0 amide bonds. The molecule has 0 aliphatic rings. The van der Waals surface area contributed by atoms with Gasteiger partial charge in [0, 0.05) is 24.7 Å². The standard InChI is InChI=1S/C11H16N2O3/c1-3-9(11(14)15)4-5-12-7-10-6-8(2)16-13-10/h4,6,12H,3,5,7H2,1-2H3,(H,14,15)/b9-4-. The van der Waals surface area contributed by atoms with Gasteiger partial charge in [0.1, 0.15) is 5.76 Å². The van der Waals surface area contributed by atoms with Gasteiger partial charge in [-0.25, -0.2) is 4.79 Å². The van der Waals surface area contributed by atoms with Crippen molar-refractivity contribution in [2.24, 2.45) is 0 Å². The monoisotopic (exact) mass is 224 g/mol. The molecule has 0 radical (unpaired) electrons. The van der Waals surface area contributed by atoms with Crippen molar-refractivity contribution in [1.82, 2.24) is 10.5 Å². The van der Waals surface area contributed by atoms with Crippen LogP contribution >= 0.6 is 0 Å². The second-order valence-electron chi connectivity index (χ2n) is 3.45. The zero-order valence-electron chi connectivity index (χ0n) is 9.49. The fraction of sp³-hybridized carbons (Fsp3) is 0.455. The third kappa shape index (κ3) is 3.86. The van der Waals surface area contributed by atoms with Crippen LogP contribution in [0.25, 0.3) is 0 Å². The Labute approximate surface area is 94.1 Å². The average molecular weight is 224 g/mol. The molecule has 0 aliphatic carbocycles. The molecule has 0 saturated heterocycles. The summed E-state index contributed by atoms with van der Waals surface area (Å²) in [7, 11) is 0. The van der Waals surface area contributed by atoms with Crippen LogP contribution in [0, 0.1) is 6.92 Å². The Morgan fingerprint density at radius 3 is 2.94 bits per heavy atom. The summed E-state index contributed by atoms with van der Waals surface area (Å²) in [6, 6.07) is 1.84. The van der Waals surface area contributed by atoms with Crippen molar-refractivity contribution in [3.05, 3.63) is 29.2 Å². The van der Waals surface area contributed by atoms with E-state index >= 15 is 0 Å². The van der Waals surface area contributed by atoms with Crippen molar-refractivity contribution in [3.8, 4) is 0 Å². The number of nitrogens with zero attached hydrogens (tertiary/aromatic N) is 1. The Balaban J connectivity index is 2.33. The smallest absolute Gasteiger partial charge is 0.331 e. The fourth-order valence-electron chi connectivity index (χ4n) is 1.28. The van der Waals surface area contributed by atoms with E-state index in [4.69, 9.17) is 9.63 Å². The van der Waals surface area contributed by atoms with Gasteiger partial charge in [-0.3, -0.25) is 0 Å². The number of rotatable bonds is 6. The van der Waals surface area contributed by atoms with Crippen LogP contribution in [0.4, 0.5) is 0 Å². The zero-order valence-corrected chi connectivity index (χ0v) is 9.49. The topological polar surface area (TPSA) is 75.4 Å². The molecule has 0 unspecified atom stereocenters. The highest BCUT2D eigenvalue weighted by molar-refractivity contribution is 5.86. The van der Waals surface area contributed by atoms with Crippen LogP contribution in [0.3, 0.4) is 0 Å². The van der Waals surface area contributed by atoms with E-state index in [-0.39, 0.29) is 0 Å². The fourth-order valence-corrected chi connectivity index (χ4v) is 1.28. The minimum atomic E-state index is -0.860. The highest BCUT2D eigenvalue weighted by Crippen LogP contribution is 2.01. The van der Waals surface area contributed by atoms with Crippen molar-refractivity contribution in [1.29, 1.82) is 0 Å². The first kappa shape index (κ1) is 12.4. The molecule has 0 fully saturated rings. The van der Waals surface area contributed by atoms with Crippen molar-refractivity contribution in [2.75, 3.05) is 6.54 Å². The molecule has 0 spiro atoms. The van der Waals surface area contributed by atoms with Gasteiger partial charge in [0.25, 0.3) is 0 Å². The summed E-state index contributed by atoms with van der Waals surface area (Å²) in [4.78, 5) is 10.7. The van der Waals surface area contributed by atoms with Gasteiger partial charge in [-0.1, -0.05) is 18.2 Å². The Bertz CT molecular complexity index is 382. The zero-order chi connectivity index (χ0) is 12.0. The van der Waals surface area contributed by atoms with Crippen LogP contribution in [-0.4, -0.2) is 22.8 Å². The first-order chi connectivity index (χ1) is 7.63. The molecule has 0 aliphatic heterocycles. The maximum absolute atomic E-state index is 10.7. The van der Waals surface area contributed by atoms with Crippen molar-refractivity contribution >= 4 is 5.97 Å². The third-order valence-electron chi connectivity index (χ3n) is 2.13. The lowest BCUT2D eigenvalue weighted by atomic mass is 10.2. The van der Waals surface area contributed by atoms with E-state index in [1.165, 1.54) is 0 Å². The number of aryl methyl sites for hydroxylation is 1. The Hall–Kier alpha value is -1.62. The molecule has 5 heteroatoms. The number of carboxylic acid groups (broad SMARTS) is 1.